The van der Waals surface area contributed by atoms with Crippen molar-refractivity contribution in [2.24, 2.45) is 0 Å². The zero-order valence-electron chi connectivity index (χ0n) is 31.1. The molecule has 4 aliphatic carbocycles. The van der Waals surface area contributed by atoms with Crippen LogP contribution in [0.4, 0.5) is 0 Å². The van der Waals surface area contributed by atoms with E-state index in [2.05, 4.69) is 143 Å². The van der Waals surface area contributed by atoms with E-state index in [0.717, 1.165) is 72.2 Å². The van der Waals surface area contributed by atoms with Gasteiger partial charge in [-0.2, -0.15) is 0 Å². The summed E-state index contributed by atoms with van der Waals surface area (Å²) in [6.45, 7) is 0. The third-order valence-corrected chi connectivity index (χ3v) is 12.0. The highest BCUT2D eigenvalue weighted by Gasteiger charge is 2.28. The third-order valence-electron chi connectivity index (χ3n) is 12.0. The van der Waals surface area contributed by atoms with E-state index in [1.165, 1.54) is 55.2 Å². The number of hydrogen-bond acceptors (Lipinski definition) is 4. The zero-order chi connectivity index (χ0) is 37.0. The molecule has 4 aliphatic rings. The van der Waals surface area contributed by atoms with Crippen LogP contribution in [0.1, 0.15) is 72.3 Å². The van der Waals surface area contributed by atoms with Gasteiger partial charge in [-0.1, -0.05) is 127 Å². The summed E-state index contributed by atoms with van der Waals surface area (Å²) in [6, 6.07) is 32.8. The summed E-state index contributed by atoms with van der Waals surface area (Å²) < 4.78 is 9.22. The highest BCUT2D eigenvalue weighted by Crippen LogP contribution is 2.45. The Kier molecular flexibility index (Phi) is 7.97. The van der Waals surface area contributed by atoms with Gasteiger partial charge in [0, 0.05) is 50.7 Å². The molecule has 5 nitrogen and oxygen atoms in total. The molecule has 0 radical (unpaired) electrons. The largest absolute Gasteiger partial charge is 0.460 e. The van der Waals surface area contributed by atoms with Gasteiger partial charge in [0.05, 0.1) is 11.6 Å². The minimum atomic E-state index is 0.173. The zero-order valence-corrected chi connectivity index (χ0v) is 31.1. The summed E-state index contributed by atoms with van der Waals surface area (Å²) in [5.41, 5.74) is 13.2. The van der Waals surface area contributed by atoms with Gasteiger partial charge >= 0.3 is 0 Å². The number of hydrogen-bond donors (Lipinski definition) is 0. The van der Waals surface area contributed by atoms with Gasteiger partial charge in [0.2, 0.25) is 0 Å². The molecule has 270 valence electrons. The first-order chi connectivity index (χ1) is 27.8. The smallest absolute Gasteiger partial charge is 0.163 e. The summed E-state index contributed by atoms with van der Waals surface area (Å²) in [4.78, 5) is 14.6. The number of nitrogens with zero attached hydrogens (tertiary/aromatic N) is 4. The van der Waals surface area contributed by atoms with Gasteiger partial charge < -0.3 is 8.98 Å². The first-order valence-corrected chi connectivity index (χ1v) is 19.9. The molecule has 0 N–H and O–H groups in total. The van der Waals surface area contributed by atoms with E-state index in [4.69, 9.17) is 14.4 Å². The average molecular weight is 725 g/mol. The van der Waals surface area contributed by atoms with Gasteiger partial charge in [0.15, 0.2) is 11.6 Å². The van der Waals surface area contributed by atoms with Crippen LogP contribution in [0, 0.1) is 0 Å². The maximum absolute atomic E-state index is 6.70. The second-order valence-corrected chi connectivity index (χ2v) is 15.3. The number of para-hydroxylation sites is 1. The van der Waals surface area contributed by atoms with Gasteiger partial charge in [-0.25, -0.2) is 15.0 Å². The molecule has 0 spiro atoms. The fourth-order valence-electron chi connectivity index (χ4n) is 9.33. The Bertz CT molecular complexity index is 2930. The number of benzene rings is 4. The lowest BCUT2D eigenvalue weighted by Gasteiger charge is -2.27. The van der Waals surface area contributed by atoms with Crippen LogP contribution in [-0.4, -0.2) is 19.5 Å². The molecule has 3 aromatic heterocycles. The summed E-state index contributed by atoms with van der Waals surface area (Å²) in [5.74, 6) is 2.66. The summed E-state index contributed by atoms with van der Waals surface area (Å²) in [6.07, 6.45) is 30.3. The normalized spacial score (nSPS) is 19.2. The summed E-state index contributed by atoms with van der Waals surface area (Å²) >= 11 is 0. The molecule has 3 heterocycles. The maximum atomic E-state index is 6.70. The molecule has 0 bridgehead atoms. The van der Waals surface area contributed by atoms with Crippen LogP contribution in [0.3, 0.4) is 0 Å². The van der Waals surface area contributed by atoms with Crippen molar-refractivity contribution in [3.63, 3.8) is 0 Å². The molecule has 0 fully saturated rings. The molecule has 11 rings (SSSR count). The lowest BCUT2D eigenvalue weighted by atomic mass is 9.78. The van der Waals surface area contributed by atoms with Crippen molar-refractivity contribution in [2.75, 3.05) is 0 Å². The molecule has 56 heavy (non-hydrogen) atoms. The van der Waals surface area contributed by atoms with Gasteiger partial charge in [-0.05, 0) is 84.2 Å². The van der Waals surface area contributed by atoms with E-state index >= 15 is 0 Å². The predicted octanol–water partition coefficient (Wildman–Crippen LogP) is 12.7. The van der Waals surface area contributed by atoms with Crippen LogP contribution in [0.2, 0.25) is 0 Å². The number of furan rings is 1. The molecule has 5 heteroatoms. The fraction of sp³-hybridized carbons (Fsp3) is 0.157. The lowest BCUT2D eigenvalue weighted by molar-refractivity contribution is 0.544. The van der Waals surface area contributed by atoms with Gasteiger partial charge in [-0.15, -0.1) is 0 Å². The van der Waals surface area contributed by atoms with Crippen molar-refractivity contribution in [3.05, 3.63) is 191 Å². The maximum Gasteiger partial charge on any atom is 0.163 e. The SMILES string of the molecule is C1=CCC(n2c3ccccc3c3cc4oc5c(c4cc32)C=C(C2=C(c3ncnc(-c4ccccc4)n3)CC(c3ccccc3C3=CCCC=C3)C=C2)CC5)C=C1. The Labute approximate surface area is 326 Å². The monoisotopic (exact) mass is 724 g/mol. The second-order valence-electron chi connectivity index (χ2n) is 15.3. The fourth-order valence-corrected chi connectivity index (χ4v) is 9.33. The quantitative estimate of drug-likeness (QED) is 0.171. The van der Waals surface area contributed by atoms with E-state index in [1.54, 1.807) is 6.33 Å². The van der Waals surface area contributed by atoms with Gasteiger partial charge in [0.1, 0.15) is 17.7 Å². The van der Waals surface area contributed by atoms with Crippen molar-refractivity contribution >= 4 is 50.0 Å². The van der Waals surface area contributed by atoms with Crippen molar-refractivity contribution in [3.8, 4) is 11.4 Å². The Hall–Kier alpha value is -6.59. The molecule has 7 aromatic rings. The second kappa shape index (κ2) is 13.6. The Morgan fingerprint density at radius 2 is 1.59 bits per heavy atom. The van der Waals surface area contributed by atoms with Gasteiger partial charge in [0.25, 0.3) is 0 Å². The first kappa shape index (κ1) is 32.8. The third kappa shape index (κ3) is 5.57. The minimum Gasteiger partial charge on any atom is -0.460 e. The van der Waals surface area contributed by atoms with Crippen LogP contribution >= 0.6 is 0 Å². The molecule has 0 saturated carbocycles. The Morgan fingerprint density at radius 1 is 0.714 bits per heavy atom. The molecular weight excluding hydrogens is 685 g/mol. The molecule has 4 aromatic carbocycles. The average Bonchev–Trinajstić information content (AvgIpc) is 3.80. The summed E-state index contributed by atoms with van der Waals surface area (Å²) in [5, 5.41) is 3.67. The predicted molar refractivity (Wildman–Crippen MR) is 229 cm³/mol. The molecule has 0 aliphatic heterocycles. The molecule has 0 amide bonds. The summed E-state index contributed by atoms with van der Waals surface area (Å²) in [7, 11) is 0. The number of fused-ring (bicyclic) bond motifs is 6. The van der Waals surface area contributed by atoms with E-state index in [9.17, 15) is 0 Å². The van der Waals surface area contributed by atoms with Crippen molar-refractivity contribution in [2.45, 2.75) is 50.5 Å². The van der Waals surface area contributed by atoms with Crippen LogP contribution in [-0.2, 0) is 6.42 Å². The van der Waals surface area contributed by atoms with Crippen molar-refractivity contribution in [1.82, 2.24) is 19.5 Å². The highest BCUT2D eigenvalue weighted by molar-refractivity contribution is 6.13. The highest BCUT2D eigenvalue weighted by atomic mass is 16.3. The molecule has 2 atom stereocenters. The van der Waals surface area contributed by atoms with E-state index in [1.807, 2.05) is 18.2 Å². The van der Waals surface area contributed by atoms with Crippen LogP contribution < -0.4 is 0 Å². The lowest BCUT2D eigenvalue weighted by Crippen LogP contribution is -2.11. The number of aryl methyl sites for hydroxylation is 1. The van der Waals surface area contributed by atoms with E-state index < -0.39 is 0 Å². The van der Waals surface area contributed by atoms with Crippen LogP contribution in [0.25, 0.3) is 61.4 Å². The number of allylic oxidation sites excluding steroid dienone is 13. The molecule has 0 saturated heterocycles. The van der Waals surface area contributed by atoms with Crippen LogP contribution in [0.5, 0.6) is 0 Å². The number of rotatable bonds is 6. The van der Waals surface area contributed by atoms with Gasteiger partial charge in [-0.3, -0.25) is 0 Å². The molecular formula is C51H40N4O. The van der Waals surface area contributed by atoms with Crippen molar-refractivity contribution < 1.29 is 4.42 Å². The Morgan fingerprint density at radius 3 is 2.48 bits per heavy atom. The standard InChI is InChI=1S/C51H40N4O/c1-4-14-33(15-5-1)38-20-10-11-21-39(38)35-24-26-40(45(29-35)51-53-32-52-50(54-51)34-16-6-2-7-17-34)36-25-27-48-43(28-36)44-30-47-42(31-49(44)56-48)41-22-12-13-23-46(41)55(47)37-18-8-3-9-19-37/h2-4,6-18,20-24,26,28,30-32,35,37H,1,5,19,25,27,29H2. The minimum absolute atomic E-state index is 0.173. The first-order valence-electron chi connectivity index (χ1n) is 19.9. The molecule has 2 unspecified atom stereocenters. The topological polar surface area (TPSA) is 56.7 Å². The van der Waals surface area contributed by atoms with Crippen molar-refractivity contribution in [1.29, 1.82) is 0 Å². The van der Waals surface area contributed by atoms with E-state index in [-0.39, 0.29) is 12.0 Å². The Balaban J connectivity index is 1.06. The number of aromatic nitrogens is 4. The van der Waals surface area contributed by atoms with E-state index in [0.29, 0.717) is 5.82 Å². The van der Waals surface area contributed by atoms with Crippen LogP contribution in [0.15, 0.2) is 168 Å².